The van der Waals surface area contributed by atoms with E-state index in [1.807, 2.05) is 0 Å². The summed E-state index contributed by atoms with van der Waals surface area (Å²) in [7, 11) is 0. The summed E-state index contributed by atoms with van der Waals surface area (Å²) in [6.45, 7) is 3.53. The predicted octanol–water partition coefficient (Wildman–Crippen LogP) is 1.49. The molecule has 18 heavy (non-hydrogen) atoms. The molecule has 0 aromatic carbocycles. The van der Waals surface area contributed by atoms with E-state index in [1.165, 1.54) is 11.3 Å². The Kier molecular flexibility index (Phi) is 2.48. The Morgan fingerprint density at radius 3 is 2.83 bits per heavy atom. The average Bonchev–Trinajstić information content (AvgIpc) is 3.02. The maximum Gasteiger partial charge on any atom is 0.261 e. The molecule has 1 aliphatic rings. The number of fused-ring (bicyclic) bond motifs is 1. The lowest BCUT2D eigenvalue weighted by atomic mass is 10.2. The molecule has 2 N–H and O–H groups in total. The minimum Gasteiger partial charge on any atom is -0.349 e. The predicted molar refractivity (Wildman–Crippen MR) is 70.2 cm³/mol. The number of hydrogen-bond donors (Lipinski definition) is 2. The molecule has 5 nitrogen and oxygen atoms in total. The number of aryl methyl sites for hydroxylation is 2. The number of nitrogens with zero attached hydrogens (tertiary/aromatic N) is 1. The molecule has 0 radical (unpaired) electrons. The number of thiophene rings is 1. The molecule has 0 atom stereocenters. The van der Waals surface area contributed by atoms with Gasteiger partial charge in [-0.25, -0.2) is 4.98 Å². The SMILES string of the molecule is Cc1nc2sc(C(=O)NC3CC3)c(C)c2c(=O)[nH]1. The summed E-state index contributed by atoms with van der Waals surface area (Å²) >= 11 is 1.29. The number of aromatic nitrogens is 2. The molecule has 0 bridgehead atoms. The van der Waals surface area contributed by atoms with Gasteiger partial charge in [0.15, 0.2) is 0 Å². The van der Waals surface area contributed by atoms with Crippen molar-refractivity contribution in [3.63, 3.8) is 0 Å². The lowest BCUT2D eigenvalue weighted by Crippen LogP contribution is -2.25. The Morgan fingerprint density at radius 2 is 2.17 bits per heavy atom. The van der Waals surface area contributed by atoms with Crippen LogP contribution < -0.4 is 10.9 Å². The van der Waals surface area contributed by atoms with Crippen LogP contribution in [-0.4, -0.2) is 21.9 Å². The number of hydrogen-bond acceptors (Lipinski definition) is 4. The largest absolute Gasteiger partial charge is 0.349 e. The molecule has 1 saturated carbocycles. The zero-order valence-corrected chi connectivity index (χ0v) is 11.0. The fourth-order valence-corrected chi connectivity index (χ4v) is 3.08. The third kappa shape index (κ3) is 1.82. The molecular weight excluding hydrogens is 250 g/mol. The fourth-order valence-electron chi connectivity index (χ4n) is 1.95. The molecule has 2 aromatic heterocycles. The summed E-state index contributed by atoms with van der Waals surface area (Å²) in [5.74, 6) is 0.484. The van der Waals surface area contributed by atoms with Crippen molar-refractivity contribution < 1.29 is 4.79 Å². The molecule has 94 valence electrons. The van der Waals surface area contributed by atoms with Gasteiger partial charge in [0, 0.05) is 6.04 Å². The summed E-state index contributed by atoms with van der Waals surface area (Å²) in [6, 6.07) is 0.315. The standard InChI is InChI=1S/C12H13N3O2S/c1-5-8-10(16)13-6(2)14-12(8)18-9(5)11(17)15-7-3-4-7/h7H,3-4H2,1-2H3,(H,15,17)(H,13,14,16). The number of amides is 1. The smallest absolute Gasteiger partial charge is 0.261 e. The van der Waals surface area contributed by atoms with Crippen molar-refractivity contribution >= 4 is 27.5 Å². The van der Waals surface area contributed by atoms with Crippen molar-refractivity contribution in [3.05, 3.63) is 26.6 Å². The van der Waals surface area contributed by atoms with Crippen LogP contribution in [0.2, 0.25) is 0 Å². The number of carbonyl (C=O) groups excluding carboxylic acids is 1. The van der Waals surface area contributed by atoms with Gasteiger partial charge in [-0.3, -0.25) is 9.59 Å². The molecule has 2 heterocycles. The van der Waals surface area contributed by atoms with Crippen molar-refractivity contribution in [3.8, 4) is 0 Å². The molecule has 1 aliphatic carbocycles. The highest BCUT2D eigenvalue weighted by Gasteiger charge is 2.26. The third-order valence-corrected chi connectivity index (χ3v) is 4.22. The Morgan fingerprint density at radius 1 is 1.44 bits per heavy atom. The van der Waals surface area contributed by atoms with Gasteiger partial charge in [0.25, 0.3) is 11.5 Å². The minimum atomic E-state index is -0.170. The van der Waals surface area contributed by atoms with Gasteiger partial charge in [0.2, 0.25) is 0 Å². The number of rotatable bonds is 2. The molecule has 1 fully saturated rings. The molecule has 0 spiro atoms. The Bertz CT molecular complexity index is 697. The number of carbonyl (C=O) groups is 1. The van der Waals surface area contributed by atoms with Crippen molar-refractivity contribution in [1.29, 1.82) is 0 Å². The second kappa shape index (κ2) is 3.91. The van der Waals surface area contributed by atoms with Gasteiger partial charge in [-0.2, -0.15) is 0 Å². The van der Waals surface area contributed by atoms with Gasteiger partial charge in [-0.15, -0.1) is 11.3 Å². The lowest BCUT2D eigenvalue weighted by molar-refractivity contribution is 0.0954. The summed E-state index contributed by atoms with van der Waals surface area (Å²) in [6.07, 6.45) is 2.10. The second-order valence-corrected chi connectivity index (χ2v) is 5.63. The molecule has 0 saturated heterocycles. The number of H-pyrrole nitrogens is 1. The molecular formula is C12H13N3O2S. The van der Waals surface area contributed by atoms with Gasteiger partial charge >= 0.3 is 0 Å². The highest BCUT2D eigenvalue weighted by Crippen LogP contribution is 2.28. The van der Waals surface area contributed by atoms with Gasteiger partial charge in [-0.1, -0.05) is 0 Å². The average molecular weight is 263 g/mol. The lowest BCUT2D eigenvalue weighted by Gasteiger charge is -2.00. The zero-order valence-electron chi connectivity index (χ0n) is 10.2. The van der Waals surface area contributed by atoms with E-state index < -0.39 is 0 Å². The van der Waals surface area contributed by atoms with Crippen LogP contribution in [0, 0.1) is 13.8 Å². The summed E-state index contributed by atoms with van der Waals surface area (Å²) in [5.41, 5.74) is 0.554. The summed E-state index contributed by atoms with van der Waals surface area (Å²) in [4.78, 5) is 32.1. The van der Waals surface area contributed by atoms with E-state index in [0.717, 1.165) is 18.4 Å². The third-order valence-electron chi connectivity index (χ3n) is 3.04. The van der Waals surface area contributed by atoms with Crippen LogP contribution in [0.25, 0.3) is 10.2 Å². The molecule has 0 aliphatic heterocycles. The minimum absolute atomic E-state index is 0.0879. The monoisotopic (exact) mass is 263 g/mol. The number of aromatic amines is 1. The molecule has 6 heteroatoms. The Hall–Kier alpha value is -1.69. The van der Waals surface area contributed by atoms with Crippen LogP contribution in [0.4, 0.5) is 0 Å². The molecule has 2 aromatic rings. The van der Waals surface area contributed by atoms with Gasteiger partial charge in [0.1, 0.15) is 10.7 Å². The summed E-state index contributed by atoms with van der Waals surface area (Å²) < 4.78 is 0. The highest BCUT2D eigenvalue weighted by molar-refractivity contribution is 7.20. The normalized spacial score (nSPS) is 15.0. The van der Waals surface area contributed by atoms with E-state index in [1.54, 1.807) is 13.8 Å². The second-order valence-electron chi connectivity index (χ2n) is 4.64. The Labute approximate surface area is 107 Å². The van der Waals surface area contributed by atoms with Crippen LogP contribution in [0.1, 0.15) is 33.9 Å². The zero-order chi connectivity index (χ0) is 12.9. The van der Waals surface area contributed by atoms with Crippen molar-refractivity contribution in [2.75, 3.05) is 0 Å². The van der Waals surface area contributed by atoms with E-state index in [4.69, 9.17) is 0 Å². The molecule has 3 rings (SSSR count). The first-order valence-electron chi connectivity index (χ1n) is 5.87. The maximum atomic E-state index is 12.0. The van der Waals surface area contributed by atoms with Crippen molar-refractivity contribution in [2.45, 2.75) is 32.7 Å². The van der Waals surface area contributed by atoms with E-state index in [-0.39, 0.29) is 11.5 Å². The van der Waals surface area contributed by atoms with Crippen molar-refractivity contribution in [1.82, 2.24) is 15.3 Å². The van der Waals surface area contributed by atoms with Gasteiger partial charge in [0.05, 0.1) is 10.3 Å². The molecule has 1 amide bonds. The Balaban J connectivity index is 2.12. The van der Waals surface area contributed by atoms with Crippen LogP contribution >= 0.6 is 11.3 Å². The quantitative estimate of drug-likeness (QED) is 0.862. The summed E-state index contributed by atoms with van der Waals surface area (Å²) in [5, 5.41) is 3.47. The maximum absolute atomic E-state index is 12.0. The van der Waals surface area contributed by atoms with Gasteiger partial charge in [-0.05, 0) is 32.3 Å². The van der Waals surface area contributed by atoms with Crippen LogP contribution in [0.5, 0.6) is 0 Å². The van der Waals surface area contributed by atoms with E-state index in [9.17, 15) is 9.59 Å². The first-order valence-corrected chi connectivity index (χ1v) is 6.69. The van der Waals surface area contributed by atoms with E-state index >= 15 is 0 Å². The van der Waals surface area contributed by atoms with Crippen molar-refractivity contribution in [2.24, 2.45) is 0 Å². The van der Waals surface area contributed by atoms with Crippen LogP contribution in [0.3, 0.4) is 0 Å². The first kappa shape index (κ1) is 11.4. The topological polar surface area (TPSA) is 74.8 Å². The van der Waals surface area contributed by atoms with Crippen LogP contribution in [0.15, 0.2) is 4.79 Å². The number of nitrogens with one attached hydrogen (secondary N) is 2. The fraction of sp³-hybridized carbons (Fsp3) is 0.417. The molecule has 0 unspecified atom stereocenters. The van der Waals surface area contributed by atoms with E-state index in [2.05, 4.69) is 15.3 Å². The van der Waals surface area contributed by atoms with Crippen LogP contribution in [-0.2, 0) is 0 Å². The highest BCUT2D eigenvalue weighted by atomic mass is 32.1. The first-order chi connectivity index (χ1) is 8.56. The van der Waals surface area contributed by atoms with Gasteiger partial charge < -0.3 is 10.3 Å². The van der Waals surface area contributed by atoms with E-state index in [0.29, 0.717) is 27.0 Å².